The van der Waals surface area contributed by atoms with Crippen molar-refractivity contribution in [3.8, 4) is 0 Å². The smallest absolute Gasteiger partial charge is 0.311 e. The first-order chi connectivity index (χ1) is 23.9. The number of ether oxygens (including phenoxy) is 6. The molecule has 15 nitrogen and oxygen atoms in total. The summed E-state index contributed by atoms with van der Waals surface area (Å²) in [4.78, 5) is 29.4. The van der Waals surface area contributed by atoms with Gasteiger partial charge in [0.05, 0.1) is 53.6 Å². The number of cyclic esters (lactones) is 1. The summed E-state index contributed by atoms with van der Waals surface area (Å²) in [6.07, 6.45) is -9.68. The van der Waals surface area contributed by atoms with E-state index in [4.69, 9.17) is 28.4 Å². The van der Waals surface area contributed by atoms with E-state index in [1.54, 1.807) is 48.5 Å². The van der Waals surface area contributed by atoms with Crippen LogP contribution < -0.4 is 5.32 Å². The Hall–Kier alpha value is -1.50. The van der Waals surface area contributed by atoms with Crippen molar-refractivity contribution in [3.05, 3.63) is 0 Å². The van der Waals surface area contributed by atoms with E-state index in [1.807, 2.05) is 25.9 Å². The monoisotopic (exact) mass is 748 g/mol. The summed E-state index contributed by atoms with van der Waals surface area (Å²) in [6, 6.07) is -0.989. The van der Waals surface area contributed by atoms with E-state index in [9.17, 15) is 35.1 Å². The number of carbonyl (C=O) groups is 2. The van der Waals surface area contributed by atoms with Crippen LogP contribution in [0.3, 0.4) is 0 Å². The third-order valence-corrected chi connectivity index (χ3v) is 11.7. The van der Waals surface area contributed by atoms with Crippen molar-refractivity contribution in [2.75, 3.05) is 21.2 Å². The number of likely N-dealkylation sites (N-methyl/N-ethyl adjacent to an activating group) is 1. The zero-order chi connectivity index (χ0) is 39.7. The number of nitrogens with zero attached hydrogens (tertiary/aromatic N) is 1. The number of methoxy groups -OCH3 is 1. The molecule has 18 atom stereocenters. The molecule has 52 heavy (non-hydrogen) atoms. The quantitative estimate of drug-likeness (QED) is 0.202. The number of carbonyl (C=O) groups excluding carboxylic acids is 2. The van der Waals surface area contributed by atoms with Gasteiger partial charge >= 0.3 is 5.97 Å². The van der Waals surface area contributed by atoms with Gasteiger partial charge in [-0.3, -0.25) is 9.59 Å². The lowest BCUT2D eigenvalue weighted by Crippen LogP contribution is -2.61. The third kappa shape index (κ3) is 9.83. The largest absolute Gasteiger partial charge is 0.459 e. The number of aliphatic hydroxyl groups is 5. The molecule has 0 spiro atoms. The Labute approximate surface area is 309 Å². The molecule has 0 saturated carbocycles. The Bertz CT molecular complexity index is 1190. The maximum atomic E-state index is 14.1. The first kappa shape index (κ1) is 44.9. The lowest BCUT2D eigenvalue weighted by atomic mass is 9.78. The second kappa shape index (κ2) is 17.5. The van der Waals surface area contributed by atoms with Gasteiger partial charge in [-0.15, -0.1) is 0 Å². The summed E-state index contributed by atoms with van der Waals surface area (Å²) in [7, 11) is 5.18. The minimum absolute atomic E-state index is 0.0591. The van der Waals surface area contributed by atoms with Gasteiger partial charge in [0.1, 0.15) is 23.9 Å². The highest BCUT2D eigenvalue weighted by molar-refractivity contribution is 5.79. The van der Waals surface area contributed by atoms with E-state index in [2.05, 4.69) is 5.32 Å². The fourth-order valence-corrected chi connectivity index (χ4v) is 8.27. The van der Waals surface area contributed by atoms with Crippen LogP contribution in [0.25, 0.3) is 0 Å². The predicted octanol–water partition coefficient (Wildman–Crippen LogP) is 1.09. The van der Waals surface area contributed by atoms with Crippen molar-refractivity contribution < 1.29 is 63.5 Å². The molecule has 3 aliphatic rings. The van der Waals surface area contributed by atoms with Gasteiger partial charge in [-0.25, -0.2) is 0 Å². The Morgan fingerprint density at radius 3 is 2.08 bits per heavy atom. The fraction of sp³-hybridized carbons (Fsp3) is 0.946. The maximum Gasteiger partial charge on any atom is 0.311 e. The Morgan fingerprint density at radius 1 is 0.904 bits per heavy atom. The molecule has 6 N–H and O–H groups in total. The van der Waals surface area contributed by atoms with Crippen LogP contribution in [-0.4, -0.2) is 154 Å². The topological polar surface area (TPSA) is 206 Å². The van der Waals surface area contributed by atoms with Crippen LogP contribution in [-0.2, 0) is 38.0 Å². The van der Waals surface area contributed by atoms with E-state index in [1.165, 1.54) is 21.0 Å². The van der Waals surface area contributed by atoms with Crippen molar-refractivity contribution in [2.24, 2.45) is 17.8 Å². The van der Waals surface area contributed by atoms with E-state index in [0.29, 0.717) is 6.42 Å². The van der Waals surface area contributed by atoms with Gasteiger partial charge in [-0.2, -0.15) is 0 Å². The molecular formula is C37H68N2O13. The number of hydrogen-bond donors (Lipinski definition) is 6. The standard InChI is InChI=1S/C37H68N2O13/c1-14-25-37(10,46)29(41)22(6)32(43)38-18(2)16-35(8,45)31(52-34-27(40)24(39(11)12)15-19(3)48-34)20(4)28(21(5)33(44)50-25)51-26-17-36(9,47-13)30(42)23(7)49-26/h18-31,34,40-42,45-46H,14-17H2,1-13H3,(H,38,43)/t18-,19-,20-,21-,22-,23+,24+,25-,26+,27-,28+,29+,30+,31-,34+,35-,36-,37-/m1/s1. The van der Waals surface area contributed by atoms with E-state index >= 15 is 0 Å². The summed E-state index contributed by atoms with van der Waals surface area (Å²) in [5.74, 6) is -4.40. The highest BCUT2D eigenvalue weighted by Gasteiger charge is 2.53. The molecule has 1 amide bonds. The van der Waals surface area contributed by atoms with Crippen LogP contribution >= 0.6 is 0 Å². The summed E-state index contributed by atoms with van der Waals surface area (Å²) < 4.78 is 37.1. The molecule has 0 aromatic heterocycles. The molecular weight excluding hydrogens is 680 g/mol. The Kier molecular flexibility index (Phi) is 15.1. The number of hydrogen-bond acceptors (Lipinski definition) is 14. The molecule has 0 aromatic rings. The molecule has 0 radical (unpaired) electrons. The molecule has 3 fully saturated rings. The van der Waals surface area contributed by atoms with E-state index < -0.39 is 108 Å². The summed E-state index contributed by atoms with van der Waals surface area (Å²) in [6.45, 7) is 16.4. The van der Waals surface area contributed by atoms with Crippen molar-refractivity contribution in [1.29, 1.82) is 0 Å². The number of nitrogens with one attached hydrogen (secondary N) is 1. The highest BCUT2D eigenvalue weighted by Crippen LogP contribution is 2.39. The fourth-order valence-electron chi connectivity index (χ4n) is 8.27. The molecule has 15 heteroatoms. The van der Waals surface area contributed by atoms with Crippen molar-refractivity contribution in [1.82, 2.24) is 10.2 Å². The molecule has 0 aliphatic carbocycles. The summed E-state index contributed by atoms with van der Waals surface area (Å²) >= 11 is 0. The van der Waals surface area contributed by atoms with Gasteiger partial charge in [0.15, 0.2) is 12.6 Å². The molecule has 3 heterocycles. The van der Waals surface area contributed by atoms with Gasteiger partial charge in [0.2, 0.25) is 5.91 Å². The molecule has 3 rings (SSSR count). The van der Waals surface area contributed by atoms with Crippen LogP contribution in [0.2, 0.25) is 0 Å². The van der Waals surface area contributed by atoms with Crippen LogP contribution in [0.5, 0.6) is 0 Å². The van der Waals surface area contributed by atoms with Gasteiger partial charge in [-0.1, -0.05) is 20.8 Å². The zero-order valence-corrected chi connectivity index (χ0v) is 33.4. The molecule has 304 valence electrons. The lowest BCUT2D eigenvalue weighted by molar-refractivity contribution is -0.317. The van der Waals surface area contributed by atoms with Crippen LogP contribution in [0.1, 0.15) is 94.9 Å². The molecule has 3 aliphatic heterocycles. The highest BCUT2D eigenvalue weighted by atomic mass is 16.7. The Morgan fingerprint density at radius 2 is 1.52 bits per heavy atom. The van der Waals surface area contributed by atoms with Crippen LogP contribution in [0, 0.1) is 17.8 Å². The second-order valence-corrected chi connectivity index (χ2v) is 16.6. The van der Waals surface area contributed by atoms with E-state index in [0.717, 1.165) is 0 Å². The van der Waals surface area contributed by atoms with Gasteiger partial charge in [0, 0.05) is 31.5 Å². The minimum Gasteiger partial charge on any atom is -0.459 e. The SMILES string of the molecule is CC[C@H]1OC(=O)[C@H](C)[C@@H](O[C@H]2C[C@@](C)(OC)[C@@H](O)[C@H](C)O2)[C@@H](C)[C@@H](O[C@@H]2O[C@H](C)C[C@H](N(C)C)[C@H]2O)[C@](C)(O)C[C@@H](C)NC(=O)[C@H](C)[C@H](O)[C@]1(C)O. The Balaban J connectivity index is 2.18. The molecule has 0 aromatic carbocycles. The van der Waals surface area contributed by atoms with Crippen molar-refractivity contribution in [3.63, 3.8) is 0 Å². The first-order valence-electron chi connectivity index (χ1n) is 18.7. The average molecular weight is 749 g/mol. The normalized spacial score (nSPS) is 49.1. The second-order valence-electron chi connectivity index (χ2n) is 16.6. The number of amides is 1. The van der Waals surface area contributed by atoms with Gasteiger partial charge in [0.25, 0.3) is 0 Å². The average Bonchev–Trinajstić information content (AvgIpc) is 3.05. The lowest BCUT2D eigenvalue weighted by Gasteiger charge is -2.48. The van der Waals surface area contributed by atoms with Crippen molar-refractivity contribution >= 4 is 11.9 Å². The number of aliphatic hydroxyl groups excluding tert-OH is 3. The van der Waals surface area contributed by atoms with Crippen LogP contribution in [0.15, 0.2) is 0 Å². The summed E-state index contributed by atoms with van der Waals surface area (Å²) in [5.41, 5.74) is -4.82. The number of rotatable bonds is 7. The van der Waals surface area contributed by atoms with Gasteiger partial charge < -0.3 is 64.2 Å². The third-order valence-electron chi connectivity index (χ3n) is 11.7. The minimum atomic E-state index is -2.02. The summed E-state index contributed by atoms with van der Waals surface area (Å²) in [5, 5.41) is 60.4. The molecule has 0 unspecified atom stereocenters. The maximum absolute atomic E-state index is 14.1. The van der Waals surface area contributed by atoms with E-state index in [-0.39, 0.29) is 31.4 Å². The molecule has 3 saturated heterocycles. The number of esters is 1. The zero-order valence-electron chi connectivity index (χ0n) is 33.4. The predicted molar refractivity (Wildman–Crippen MR) is 190 cm³/mol. The van der Waals surface area contributed by atoms with Crippen LogP contribution in [0.4, 0.5) is 0 Å². The van der Waals surface area contributed by atoms with Gasteiger partial charge in [-0.05, 0) is 81.8 Å². The van der Waals surface area contributed by atoms with Crippen molar-refractivity contribution in [2.45, 2.75) is 185 Å². The molecule has 0 bridgehead atoms. The first-order valence-corrected chi connectivity index (χ1v) is 18.7.